The Kier molecular flexibility index (Phi) is 5.66. The van der Waals surface area contributed by atoms with Crippen molar-refractivity contribution in [2.75, 3.05) is 16.8 Å². The van der Waals surface area contributed by atoms with Gasteiger partial charge in [-0.2, -0.15) is 0 Å². The molecule has 1 atom stereocenters. The van der Waals surface area contributed by atoms with Crippen molar-refractivity contribution < 1.29 is 27.5 Å². The lowest BCUT2D eigenvalue weighted by Gasteiger charge is -2.16. The summed E-state index contributed by atoms with van der Waals surface area (Å²) < 4.78 is 27.5. The fourth-order valence-corrected chi connectivity index (χ4v) is 3.43. The van der Waals surface area contributed by atoms with E-state index in [9.17, 15) is 22.8 Å². The molecule has 3 rings (SSSR count). The van der Waals surface area contributed by atoms with Crippen molar-refractivity contribution in [1.29, 1.82) is 0 Å². The number of hydrogen-bond donors (Lipinski definition) is 2. The Hall–Kier alpha value is -3.24. The molecule has 1 aliphatic rings. The van der Waals surface area contributed by atoms with E-state index in [1.54, 1.807) is 6.92 Å². The second-order valence-corrected chi connectivity index (χ2v) is 7.87. The molecule has 0 saturated carbocycles. The highest BCUT2D eigenvalue weighted by molar-refractivity contribution is 7.89. The number of amides is 2. The molecule has 2 amide bonds. The molecule has 2 aromatic rings. The first kappa shape index (κ1) is 20.5. The number of nitrogens with zero attached hydrogens (tertiary/aromatic N) is 1. The largest absolute Gasteiger partial charge is 0.462 e. The summed E-state index contributed by atoms with van der Waals surface area (Å²) in [5.74, 6) is -1.33. The lowest BCUT2D eigenvalue weighted by molar-refractivity contribution is -0.121. The van der Waals surface area contributed by atoms with Gasteiger partial charge in [-0.25, -0.2) is 23.3 Å². The van der Waals surface area contributed by atoms with E-state index in [0.29, 0.717) is 16.9 Å². The molecule has 1 saturated heterocycles. The molecule has 0 spiro atoms. The summed E-state index contributed by atoms with van der Waals surface area (Å²) in [4.78, 5) is 37.8. The minimum Gasteiger partial charge on any atom is -0.462 e. The van der Waals surface area contributed by atoms with Gasteiger partial charge in [-0.3, -0.25) is 9.59 Å². The zero-order valence-electron chi connectivity index (χ0n) is 15.5. The Morgan fingerprint density at radius 1 is 1.14 bits per heavy atom. The van der Waals surface area contributed by atoms with Crippen LogP contribution < -0.4 is 15.4 Å². The molecule has 0 aliphatic carbocycles. The number of primary sulfonamides is 1. The van der Waals surface area contributed by atoms with Crippen LogP contribution in [0.5, 0.6) is 0 Å². The highest BCUT2D eigenvalue weighted by atomic mass is 32.2. The number of hydrogen-bond acceptors (Lipinski definition) is 7. The van der Waals surface area contributed by atoms with E-state index in [0.717, 1.165) is 4.90 Å². The molecule has 0 aromatic heterocycles. The Morgan fingerprint density at radius 2 is 1.76 bits per heavy atom. The van der Waals surface area contributed by atoms with E-state index in [-0.39, 0.29) is 17.9 Å². The Bertz CT molecular complexity index is 1050. The molecule has 10 heteroatoms. The summed E-state index contributed by atoms with van der Waals surface area (Å²) in [6.45, 7) is 1.94. The molecule has 0 bridgehead atoms. The summed E-state index contributed by atoms with van der Waals surface area (Å²) in [7, 11) is -3.81. The maximum Gasteiger partial charge on any atom is 0.338 e. The maximum atomic E-state index is 12.7. The number of ether oxygens (including phenoxy) is 1. The summed E-state index contributed by atoms with van der Waals surface area (Å²) in [5.41, 5.74) is 1.14. The van der Waals surface area contributed by atoms with Crippen molar-refractivity contribution in [3.05, 3.63) is 54.1 Å². The topological polar surface area (TPSA) is 136 Å². The SMILES string of the molecule is CCOC(=O)c1ccc(N2C(=O)C[C@@H](Nc3ccc(S(N)(=O)=O)cc3)C2=O)cc1. The molecule has 1 heterocycles. The molecule has 1 aliphatic heterocycles. The van der Waals surface area contributed by atoms with Gasteiger partial charge in [0.05, 0.1) is 29.2 Å². The van der Waals surface area contributed by atoms with Gasteiger partial charge < -0.3 is 10.1 Å². The average molecular weight is 417 g/mol. The summed E-state index contributed by atoms with van der Waals surface area (Å²) in [6, 6.07) is 10.7. The first-order chi connectivity index (χ1) is 13.7. The van der Waals surface area contributed by atoms with Crippen LogP contribution in [-0.2, 0) is 24.3 Å². The van der Waals surface area contributed by atoms with Crippen LogP contribution in [0, 0.1) is 0 Å². The van der Waals surface area contributed by atoms with Gasteiger partial charge in [-0.1, -0.05) is 0 Å². The highest BCUT2D eigenvalue weighted by Crippen LogP contribution is 2.26. The number of rotatable bonds is 6. The second kappa shape index (κ2) is 8.02. The molecule has 1 fully saturated rings. The van der Waals surface area contributed by atoms with E-state index in [1.165, 1.54) is 48.5 Å². The molecule has 152 valence electrons. The van der Waals surface area contributed by atoms with Crippen molar-refractivity contribution >= 4 is 39.2 Å². The Balaban J connectivity index is 1.73. The number of imide groups is 1. The maximum absolute atomic E-state index is 12.7. The quantitative estimate of drug-likeness (QED) is 0.533. The third kappa shape index (κ3) is 4.44. The van der Waals surface area contributed by atoms with Gasteiger partial charge in [-0.05, 0) is 55.5 Å². The van der Waals surface area contributed by atoms with Gasteiger partial charge in [-0.15, -0.1) is 0 Å². The molecule has 0 unspecified atom stereocenters. The third-order valence-corrected chi connectivity index (χ3v) is 5.24. The zero-order chi connectivity index (χ0) is 21.2. The molecule has 2 aromatic carbocycles. The van der Waals surface area contributed by atoms with Gasteiger partial charge in [0.1, 0.15) is 6.04 Å². The van der Waals surface area contributed by atoms with Gasteiger partial charge >= 0.3 is 5.97 Å². The Morgan fingerprint density at radius 3 is 2.31 bits per heavy atom. The van der Waals surface area contributed by atoms with Crippen LogP contribution in [0.4, 0.5) is 11.4 Å². The smallest absolute Gasteiger partial charge is 0.338 e. The number of carbonyl (C=O) groups excluding carboxylic acids is 3. The molecule has 9 nitrogen and oxygen atoms in total. The fourth-order valence-electron chi connectivity index (χ4n) is 2.92. The minimum atomic E-state index is -3.81. The van der Waals surface area contributed by atoms with Crippen LogP contribution in [0.3, 0.4) is 0 Å². The van der Waals surface area contributed by atoms with Gasteiger partial charge in [0.2, 0.25) is 15.9 Å². The van der Waals surface area contributed by atoms with Crippen molar-refractivity contribution in [1.82, 2.24) is 0 Å². The lowest BCUT2D eigenvalue weighted by atomic mass is 10.2. The van der Waals surface area contributed by atoms with Crippen LogP contribution in [0.2, 0.25) is 0 Å². The Labute approximate surface area is 167 Å². The number of sulfonamides is 1. The van der Waals surface area contributed by atoms with Gasteiger partial charge in [0, 0.05) is 5.69 Å². The summed E-state index contributed by atoms with van der Waals surface area (Å²) >= 11 is 0. The third-order valence-electron chi connectivity index (χ3n) is 4.31. The number of carbonyl (C=O) groups is 3. The van der Waals surface area contributed by atoms with Crippen molar-refractivity contribution in [2.24, 2.45) is 5.14 Å². The summed E-state index contributed by atoms with van der Waals surface area (Å²) in [6.07, 6.45) is -0.0601. The second-order valence-electron chi connectivity index (χ2n) is 6.31. The predicted octanol–water partition coefficient (Wildman–Crippen LogP) is 1.25. The molecular weight excluding hydrogens is 398 g/mol. The van der Waals surface area contributed by atoms with Crippen LogP contribution in [0.25, 0.3) is 0 Å². The van der Waals surface area contributed by atoms with Crippen molar-refractivity contribution in [2.45, 2.75) is 24.3 Å². The first-order valence-corrected chi connectivity index (χ1v) is 10.3. The zero-order valence-corrected chi connectivity index (χ0v) is 16.3. The number of esters is 1. The van der Waals surface area contributed by atoms with Crippen molar-refractivity contribution in [3.8, 4) is 0 Å². The minimum absolute atomic E-state index is 0.0554. The van der Waals surface area contributed by atoms with Crippen LogP contribution >= 0.6 is 0 Å². The normalized spacial score (nSPS) is 16.8. The summed E-state index contributed by atoms with van der Waals surface area (Å²) in [5, 5.41) is 7.98. The van der Waals surface area contributed by atoms with E-state index >= 15 is 0 Å². The average Bonchev–Trinajstić information content (AvgIpc) is 2.95. The van der Waals surface area contributed by atoms with Gasteiger partial charge in [0.25, 0.3) is 5.91 Å². The van der Waals surface area contributed by atoms with E-state index in [1.807, 2.05) is 0 Å². The lowest BCUT2D eigenvalue weighted by Crippen LogP contribution is -2.34. The molecule has 3 N–H and O–H groups in total. The van der Waals surface area contributed by atoms with Crippen molar-refractivity contribution in [3.63, 3.8) is 0 Å². The van der Waals surface area contributed by atoms with E-state index in [2.05, 4.69) is 5.32 Å². The molecule has 0 radical (unpaired) electrons. The van der Waals surface area contributed by atoms with E-state index < -0.39 is 33.8 Å². The standard InChI is InChI=1S/C19H19N3O6S/c1-2-28-19(25)12-3-7-14(8-4-12)22-17(23)11-16(18(22)24)21-13-5-9-15(10-6-13)29(20,26)27/h3-10,16,21H,2,11H2,1H3,(H2,20,26,27)/t16-/m1/s1. The number of benzene rings is 2. The molecular formula is C19H19N3O6S. The van der Waals surface area contributed by atoms with Crippen LogP contribution in [0.15, 0.2) is 53.4 Å². The highest BCUT2D eigenvalue weighted by Gasteiger charge is 2.39. The molecule has 29 heavy (non-hydrogen) atoms. The predicted molar refractivity (Wildman–Crippen MR) is 105 cm³/mol. The first-order valence-electron chi connectivity index (χ1n) is 8.74. The van der Waals surface area contributed by atoms with Crippen LogP contribution in [0.1, 0.15) is 23.7 Å². The number of anilines is 2. The van der Waals surface area contributed by atoms with Crippen LogP contribution in [-0.4, -0.2) is 38.9 Å². The fraction of sp³-hybridized carbons (Fsp3) is 0.211. The number of nitrogens with two attached hydrogens (primary N) is 1. The monoisotopic (exact) mass is 417 g/mol. The number of nitrogens with one attached hydrogen (secondary N) is 1. The van der Waals surface area contributed by atoms with Gasteiger partial charge in [0.15, 0.2) is 0 Å². The van der Waals surface area contributed by atoms with E-state index in [4.69, 9.17) is 9.88 Å².